The van der Waals surface area contributed by atoms with E-state index in [1.807, 2.05) is 0 Å². The lowest BCUT2D eigenvalue weighted by atomic mass is 10.0. The maximum absolute atomic E-state index is 13.4. The van der Waals surface area contributed by atoms with Crippen molar-refractivity contribution in [1.29, 1.82) is 0 Å². The van der Waals surface area contributed by atoms with Crippen LogP contribution in [0.1, 0.15) is 34.1 Å². The second-order valence-electron chi connectivity index (χ2n) is 7.75. The average molecular weight is 475 g/mol. The minimum atomic E-state index is -1.14. The van der Waals surface area contributed by atoms with E-state index in [4.69, 9.17) is 4.74 Å². The van der Waals surface area contributed by atoms with Crippen molar-refractivity contribution in [3.05, 3.63) is 89.7 Å². The molecule has 2 N–H and O–H groups in total. The Morgan fingerprint density at radius 2 is 1.63 bits per heavy atom. The van der Waals surface area contributed by atoms with Crippen LogP contribution >= 0.6 is 0 Å². The number of carbonyl (C=O) groups excluding carboxylic acids is 4. The van der Waals surface area contributed by atoms with E-state index < -0.39 is 35.5 Å². The molecule has 0 aliphatic carbocycles. The fourth-order valence-electron chi connectivity index (χ4n) is 3.75. The van der Waals surface area contributed by atoms with Crippen molar-refractivity contribution in [2.45, 2.75) is 19.4 Å². The molecule has 1 atom stereocenters. The van der Waals surface area contributed by atoms with Gasteiger partial charge in [0.1, 0.15) is 11.9 Å². The van der Waals surface area contributed by atoms with Crippen LogP contribution in [0.25, 0.3) is 0 Å². The fraction of sp³-hybridized carbons (Fsp3) is 0.154. The van der Waals surface area contributed by atoms with Crippen LogP contribution in [0.3, 0.4) is 0 Å². The molecule has 0 aromatic heterocycles. The second-order valence-corrected chi connectivity index (χ2v) is 7.75. The van der Waals surface area contributed by atoms with Crippen LogP contribution in [0, 0.1) is 5.82 Å². The van der Waals surface area contributed by atoms with Crippen molar-refractivity contribution < 1.29 is 28.3 Å². The predicted molar refractivity (Wildman–Crippen MR) is 128 cm³/mol. The summed E-state index contributed by atoms with van der Waals surface area (Å²) in [5.74, 6) is -2.54. The molecular weight excluding hydrogens is 453 g/mol. The zero-order chi connectivity index (χ0) is 24.9. The summed E-state index contributed by atoms with van der Waals surface area (Å²) in [6.45, 7) is 1.95. The van der Waals surface area contributed by atoms with Crippen LogP contribution in [0.4, 0.5) is 21.5 Å². The molecule has 0 fully saturated rings. The van der Waals surface area contributed by atoms with E-state index in [9.17, 15) is 23.6 Å². The van der Waals surface area contributed by atoms with Gasteiger partial charge in [0.15, 0.2) is 0 Å². The van der Waals surface area contributed by atoms with Gasteiger partial charge in [0, 0.05) is 11.3 Å². The zero-order valence-electron chi connectivity index (χ0n) is 18.8. The lowest BCUT2D eigenvalue weighted by Crippen LogP contribution is -2.52. The lowest BCUT2D eigenvalue weighted by Gasteiger charge is -2.36. The zero-order valence-corrected chi connectivity index (χ0v) is 18.8. The van der Waals surface area contributed by atoms with Crippen molar-refractivity contribution in [3.63, 3.8) is 0 Å². The standard InChI is InChI=1S/C26H22FN3O5/c1-2-35-26(34)17-9-13-19(14-10-17)28-23(31)15-22-24(32)29-20-5-3-4-6-21(20)30(22)25(33)16-7-11-18(27)12-8-16/h3-14,22H,2,15H2,1H3,(H,28,31)(H,29,32)/t22-/m0/s1. The normalized spacial score (nSPS) is 14.5. The molecule has 4 rings (SSSR count). The summed E-state index contributed by atoms with van der Waals surface area (Å²) in [7, 11) is 0. The maximum Gasteiger partial charge on any atom is 0.338 e. The molecule has 1 aliphatic rings. The maximum atomic E-state index is 13.4. The fourth-order valence-corrected chi connectivity index (χ4v) is 3.75. The third kappa shape index (κ3) is 5.19. The molecule has 0 radical (unpaired) electrons. The van der Waals surface area contributed by atoms with E-state index in [-0.39, 0.29) is 18.6 Å². The Morgan fingerprint density at radius 3 is 2.31 bits per heavy atom. The summed E-state index contributed by atoms with van der Waals surface area (Å²) in [4.78, 5) is 52.2. The number of amides is 3. The van der Waals surface area contributed by atoms with Gasteiger partial charge in [0.2, 0.25) is 11.8 Å². The SMILES string of the molecule is CCOC(=O)c1ccc(NC(=O)C[C@H]2C(=O)Nc3ccccc3N2C(=O)c2ccc(F)cc2)cc1. The van der Waals surface area contributed by atoms with Crippen LogP contribution in [0.2, 0.25) is 0 Å². The van der Waals surface area contributed by atoms with Gasteiger partial charge < -0.3 is 15.4 Å². The molecule has 1 aliphatic heterocycles. The Hall–Kier alpha value is -4.53. The number of para-hydroxylation sites is 2. The Bertz CT molecular complexity index is 1270. The number of hydrogen-bond acceptors (Lipinski definition) is 5. The van der Waals surface area contributed by atoms with E-state index in [1.54, 1.807) is 43.3 Å². The number of esters is 1. The van der Waals surface area contributed by atoms with Crippen molar-refractivity contribution >= 4 is 40.8 Å². The van der Waals surface area contributed by atoms with Gasteiger partial charge in [-0.05, 0) is 67.6 Å². The molecule has 35 heavy (non-hydrogen) atoms. The molecule has 0 saturated heterocycles. The summed E-state index contributed by atoms with van der Waals surface area (Å²) in [6, 6.07) is 16.7. The molecule has 1 heterocycles. The van der Waals surface area contributed by atoms with Crippen LogP contribution < -0.4 is 15.5 Å². The van der Waals surface area contributed by atoms with Gasteiger partial charge >= 0.3 is 5.97 Å². The number of halogens is 1. The minimum Gasteiger partial charge on any atom is -0.462 e. The number of rotatable bonds is 6. The highest BCUT2D eigenvalue weighted by Crippen LogP contribution is 2.34. The molecule has 0 spiro atoms. The molecular formula is C26H22FN3O5. The highest BCUT2D eigenvalue weighted by Gasteiger charge is 2.38. The van der Waals surface area contributed by atoms with Crippen molar-refractivity contribution in [2.24, 2.45) is 0 Å². The molecule has 8 nitrogen and oxygen atoms in total. The van der Waals surface area contributed by atoms with E-state index in [2.05, 4.69) is 10.6 Å². The molecule has 0 bridgehead atoms. The first kappa shape index (κ1) is 23.6. The number of ether oxygens (including phenoxy) is 1. The number of benzene rings is 3. The topological polar surface area (TPSA) is 105 Å². The first-order valence-electron chi connectivity index (χ1n) is 10.9. The van der Waals surface area contributed by atoms with Crippen LogP contribution in [-0.2, 0) is 14.3 Å². The van der Waals surface area contributed by atoms with Gasteiger partial charge in [-0.25, -0.2) is 9.18 Å². The first-order valence-corrected chi connectivity index (χ1v) is 10.9. The Balaban J connectivity index is 1.56. The van der Waals surface area contributed by atoms with E-state index in [0.717, 1.165) is 12.1 Å². The number of carbonyl (C=O) groups is 4. The summed E-state index contributed by atoms with van der Waals surface area (Å²) >= 11 is 0. The lowest BCUT2D eigenvalue weighted by molar-refractivity contribution is -0.122. The third-order valence-corrected chi connectivity index (χ3v) is 5.40. The summed E-state index contributed by atoms with van der Waals surface area (Å²) in [5.41, 5.74) is 1.79. The van der Waals surface area contributed by atoms with Gasteiger partial charge in [0.05, 0.1) is 30.0 Å². The highest BCUT2D eigenvalue weighted by atomic mass is 19.1. The smallest absolute Gasteiger partial charge is 0.338 e. The summed E-state index contributed by atoms with van der Waals surface area (Å²) < 4.78 is 18.3. The number of fused-ring (bicyclic) bond motifs is 1. The highest BCUT2D eigenvalue weighted by molar-refractivity contribution is 6.17. The van der Waals surface area contributed by atoms with Crippen molar-refractivity contribution in [3.8, 4) is 0 Å². The first-order chi connectivity index (χ1) is 16.9. The molecule has 0 saturated carbocycles. The van der Waals surface area contributed by atoms with E-state index in [0.29, 0.717) is 22.6 Å². The predicted octanol–water partition coefficient (Wildman–Crippen LogP) is 4.00. The number of hydrogen-bond donors (Lipinski definition) is 2. The molecule has 3 amide bonds. The summed E-state index contributed by atoms with van der Waals surface area (Å²) in [5, 5.41) is 5.41. The minimum absolute atomic E-state index is 0.177. The second kappa shape index (κ2) is 10.2. The van der Waals surface area contributed by atoms with Crippen LogP contribution in [-0.4, -0.2) is 36.3 Å². The van der Waals surface area contributed by atoms with Gasteiger partial charge in [-0.1, -0.05) is 12.1 Å². The van der Waals surface area contributed by atoms with Gasteiger partial charge in [-0.2, -0.15) is 0 Å². The molecule has 3 aromatic rings. The van der Waals surface area contributed by atoms with E-state index >= 15 is 0 Å². The number of anilines is 3. The third-order valence-electron chi connectivity index (χ3n) is 5.40. The molecule has 3 aromatic carbocycles. The van der Waals surface area contributed by atoms with Gasteiger partial charge in [0.25, 0.3) is 5.91 Å². The molecule has 0 unspecified atom stereocenters. The van der Waals surface area contributed by atoms with Crippen LogP contribution in [0.5, 0.6) is 0 Å². The van der Waals surface area contributed by atoms with Crippen molar-refractivity contribution in [1.82, 2.24) is 0 Å². The molecule has 9 heteroatoms. The summed E-state index contributed by atoms with van der Waals surface area (Å²) in [6.07, 6.45) is -0.327. The van der Waals surface area contributed by atoms with Gasteiger partial charge in [-0.3, -0.25) is 19.3 Å². The quantitative estimate of drug-likeness (QED) is 0.525. The largest absolute Gasteiger partial charge is 0.462 e. The average Bonchev–Trinajstić information content (AvgIpc) is 2.85. The number of nitrogens with zero attached hydrogens (tertiary/aromatic N) is 1. The monoisotopic (exact) mass is 475 g/mol. The van der Waals surface area contributed by atoms with Gasteiger partial charge in [-0.15, -0.1) is 0 Å². The molecule has 178 valence electrons. The number of nitrogens with one attached hydrogen (secondary N) is 2. The van der Waals surface area contributed by atoms with Crippen molar-refractivity contribution in [2.75, 3.05) is 22.1 Å². The Labute approximate surface area is 200 Å². The Kier molecular flexibility index (Phi) is 6.86. The van der Waals surface area contributed by atoms with Crippen LogP contribution in [0.15, 0.2) is 72.8 Å². The Morgan fingerprint density at radius 1 is 0.971 bits per heavy atom. The van der Waals surface area contributed by atoms with E-state index in [1.165, 1.54) is 29.2 Å².